The van der Waals surface area contributed by atoms with Gasteiger partial charge in [-0.2, -0.15) is 0 Å². The van der Waals surface area contributed by atoms with E-state index in [0.717, 1.165) is 17.1 Å². The van der Waals surface area contributed by atoms with Crippen LogP contribution in [0, 0.1) is 6.92 Å². The fraction of sp³-hybridized carbons (Fsp3) is 0.350. The van der Waals surface area contributed by atoms with Crippen molar-refractivity contribution < 1.29 is 9.53 Å². The Morgan fingerprint density at radius 2 is 2.04 bits per heavy atom. The highest BCUT2D eigenvalue weighted by Crippen LogP contribution is 2.24. The summed E-state index contributed by atoms with van der Waals surface area (Å²) >= 11 is 0. The predicted molar refractivity (Wildman–Crippen MR) is 102 cm³/mol. The number of anilines is 1. The molecule has 1 atom stereocenters. The van der Waals surface area contributed by atoms with E-state index in [4.69, 9.17) is 4.74 Å². The predicted octanol–water partition coefficient (Wildman–Crippen LogP) is 2.46. The van der Waals surface area contributed by atoms with Gasteiger partial charge in [-0.3, -0.25) is 4.79 Å². The second-order valence-corrected chi connectivity index (χ2v) is 6.49. The summed E-state index contributed by atoms with van der Waals surface area (Å²) in [7, 11) is 3.88. The van der Waals surface area contributed by atoms with Gasteiger partial charge in [-0.1, -0.05) is 30.3 Å². The number of rotatable bonds is 4. The first-order chi connectivity index (χ1) is 12.5. The van der Waals surface area contributed by atoms with Crippen molar-refractivity contribution in [1.29, 1.82) is 0 Å². The van der Waals surface area contributed by atoms with E-state index in [-0.39, 0.29) is 11.9 Å². The zero-order chi connectivity index (χ0) is 18.5. The molecule has 6 heteroatoms. The third kappa shape index (κ3) is 4.26. The maximum absolute atomic E-state index is 12.8. The monoisotopic (exact) mass is 352 g/mol. The minimum atomic E-state index is -0.282. The maximum Gasteiger partial charge on any atom is 0.247 e. The van der Waals surface area contributed by atoms with Crippen molar-refractivity contribution in [3.63, 3.8) is 0 Å². The molecule has 26 heavy (non-hydrogen) atoms. The van der Waals surface area contributed by atoms with Crippen LogP contribution in [-0.2, 0) is 9.53 Å². The van der Waals surface area contributed by atoms with Crippen molar-refractivity contribution in [3.05, 3.63) is 59.6 Å². The van der Waals surface area contributed by atoms with Crippen LogP contribution in [0.5, 0.6) is 0 Å². The fourth-order valence-corrected chi connectivity index (χ4v) is 2.86. The second-order valence-electron chi connectivity index (χ2n) is 6.49. The molecule has 2 aromatic rings. The first-order valence-electron chi connectivity index (χ1n) is 8.69. The van der Waals surface area contributed by atoms with E-state index in [1.165, 1.54) is 0 Å². The Labute approximate surface area is 154 Å². The smallest absolute Gasteiger partial charge is 0.247 e. The Kier molecular flexibility index (Phi) is 5.63. The van der Waals surface area contributed by atoms with Gasteiger partial charge in [0.05, 0.1) is 13.2 Å². The van der Waals surface area contributed by atoms with E-state index >= 15 is 0 Å². The summed E-state index contributed by atoms with van der Waals surface area (Å²) in [6.45, 7) is 3.38. The number of benzene rings is 1. The van der Waals surface area contributed by atoms with Gasteiger partial charge in [0.25, 0.3) is 0 Å². The fourth-order valence-electron chi connectivity index (χ4n) is 2.86. The molecule has 3 rings (SSSR count). The van der Waals surface area contributed by atoms with Crippen molar-refractivity contribution in [2.45, 2.75) is 13.0 Å². The lowest BCUT2D eigenvalue weighted by Crippen LogP contribution is -2.43. The summed E-state index contributed by atoms with van der Waals surface area (Å²) in [6.07, 6.45) is 3.44. The standard InChI is InChI=1S/C20H24N4O2/c1-15-13-18(23(2)3)22-20(21-15)17-14-26-12-11-24(17)19(25)10-9-16-7-5-4-6-8-16/h4-10,13,17H,11-12,14H2,1-3H3/b10-9+. The Balaban J connectivity index is 1.84. The van der Waals surface area contributed by atoms with Crippen molar-refractivity contribution in [2.24, 2.45) is 0 Å². The molecule has 1 unspecified atom stereocenters. The molecule has 1 aliphatic heterocycles. The summed E-state index contributed by atoms with van der Waals surface area (Å²) in [6, 6.07) is 11.4. The Hall–Kier alpha value is -2.73. The van der Waals surface area contributed by atoms with Gasteiger partial charge < -0.3 is 14.5 Å². The summed E-state index contributed by atoms with van der Waals surface area (Å²) in [4.78, 5) is 25.7. The normalized spacial score (nSPS) is 17.5. The van der Waals surface area contributed by atoms with E-state index < -0.39 is 0 Å². The molecular weight excluding hydrogens is 328 g/mol. The van der Waals surface area contributed by atoms with Crippen LogP contribution in [0.1, 0.15) is 23.1 Å². The van der Waals surface area contributed by atoms with E-state index in [2.05, 4.69) is 9.97 Å². The average Bonchev–Trinajstić information content (AvgIpc) is 2.66. The van der Waals surface area contributed by atoms with Gasteiger partial charge in [0.2, 0.25) is 5.91 Å². The molecule has 1 saturated heterocycles. The summed E-state index contributed by atoms with van der Waals surface area (Å²) in [5.74, 6) is 1.39. The minimum absolute atomic E-state index is 0.0568. The van der Waals surface area contributed by atoms with Crippen LogP contribution in [0.2, 0.25) is 0 Å². The molecule has 0 radical (unpaired) electrons. The van der Waals surface area contributed by atoms with Crippen molar-refractivity contribution in [2.75, 3.05) is 38.8 Å². The van der Waals surface area contributed by atoms with E-state index in [0.29, 0.717) is 25.6 Å². The number of nitrogens with zero attached hydrogens (tertiary/aromatic N) is 4. The lowest BCUT2D eigenvalue weighted by molar-refractivity contribution is -0.135. The van der Waals surface area contributed by atoms with Gasteiger partial charge >= 0.3 is 0 Å². The van der Waals surface area contributed by atoms with Crippen LogP contribution in [0.4, 0.5) is 5.82 Å². The molecule has 1 fully saturated rings. The van der Waals surface area contributed by atoms with Gasteiger partial charge in [-0.15, -0.1) is 0 Å². The van der Waals surface area contributed by atoms with Gasteiger partial charge in [0, 0.05) is 38.5 Å². The molecule has 1 amide bonds. The lowest BCUT2D eigenvalue weighted by atomic mass is 10.1. The number of ether oxygens (including phenoxy) is 1. The quantitative estimate of drug-likeness (QED) is 0.791. The number of hydrogen-bond donors (Lipinski definition) is 0. The van der Waals surface area contributed by atoms with Crippen LogP contribution in [0.15, 0.2) is 42.5 Å². The number of aryl methyl sites for hydroxylation is 1. The highest BCUT2D eigenvalue weighted by atomic mass is 16.5. The van der Waals surface area contributed by atoms with E-state index in [1.807, 2.05) is 68.4 Å². The molecule has 1 aromatic carbocycles. The highest BCUT2D eigenvalue weighted by Gasteiger charge is 2.30. The molecule has 6 nitrogen and oxygen atoms in total. The topological polar surface area (TPSA) is 58.6 Å². The van der Waals surface area contributed by atoms with Crippen molar-refractivity contribution in [3.8, 4) is 0 Å². The summed E-state index contributed by atoms with van der Waals surface area (Å²) in [5.41, 5.74) is 1.86. The zero-order valence-corrected chi connectivity index (χ0v) is 15.4. The third-order valence-corrected chi connectivity index (χ3v) is 4.24. The first-order valence-corrected chi connectivity index (χ1v) is 8.69. The van der Waals surface area contributed by atoms with Crippen LogP contribution in [0.25, 0.3) is 6.08 Å². The Morgan fingerprint density at radius 3 is 2.77 bits per heavy atom. The summed E-state index contributed by atoms with van der Waals surface area (Å²) in [5, 5.41) is 0. The number of carbonyl (C=O) groups excluding carboxylic acids is 1. The second kappa shape index (κ2) is 8.10. The average molecular weight is 352 g/mol. The number of aromatic nitrogens is 2. The SMILES string of the molecule is Cc1cc(N(C)C)nc(C2COCCN2C(=O)/C=C/c2ccccc2)n1. The molecule has 0 saturated carbocycles. The van der Waals surface area contributed by atoms with Gasteiger partial charge in [0.15, 0.2) is 5.82 Å². The van der Waals surface area contributed by atoms with Crippen LogP contribution in [-0.4, -0.2) is 54.6 Å². The lowest BCUT2D eigenvalue weighted by Gasteiger charge is -2.34. The van der Waals surface area contributed by atoms with Crippen molar-refractivity contribution >= 4 is 17.8 Å². The number of amides is 1. The molecule has 136 valence electrons. The minimum Gasteiger partial charge on any atom is -0.377 e. The maximum atomic E-state index is 12.8. The molecule has 2 heterocycles. The number of carbonyl (C=O) groups is 1. The molecule has 0 N–H and O–H groups in total. The van der Waals surface area contributed by atoms with E-state index in [1.54, 1.807) is 11.0 Å². The van der Waals surface area contributed by atoms with Gasteiger partial charge in [-0.05, 0) is 18.6 Å². The Bertz CT molecular complexity index is 790. The summed E-state index contributed by atoms with van der Waals surface area (Å²) < 4.78 is 5.61. The van der Waals surface area contributed by atoms with Gasteiger partial charge in [0.1, 0.15) is 11.9 Å². The molecule has 0 spiro atoms. The first kappa shape index (κ1) is 18.1. The van der Waals surface area contributed by atoms with E-state index in [9.17, 15) is 4.79 Å². The third-order valence-electron chi connectivity index (χ3n) is 4.24. The highest BCUT2D eigenvalue weighted by molar-refractivity contribution is 5.92. The van der Waals surface area contributed by atoms with Crippen LogP contribution in [0.3, 0.4) is 0 Å². The van der Waals surface area contributed by atoms with Crippen molar-refractivity contribution in [1.82, 2.24) is 14.9 Å². The molecule has 1 aromatic heterocycles. The number of morpholine rings is 1. The molecule has 1 aliphatic rings. The molecule has 0 bridgehead atoms. The molecular formula is C20H24N4O2. The zero-order valence-electron chi connectivity index (χ0n) is 15.4. The number of hydrogen-bond acceptors (Lipinski definition) is 5. The Morgan fingerprint density at radius 1 is 1.27 bits per heavy atom. The van der Waals surface area contributed by atoms with Gasteiger partial charge in [-0.25, -0.2) is 9.97 Å². The van der Waals surface area contributed by atoms with Crippen LogP contribution < -0.4 is 4.90 Å². The molecule has 0 aliphatic carbocycles. The van der Waals surface area contributed by atoms with Crippen LogP contribution >= 0.6 is 0 Å². The largest absolute Gasteiger partial charge is 0.377 e.